The van der Waals surface area contributed by atoms with Crippen LogP contribution in [0, 0.1) is 11.6 Å². The largest absolute Gasteiger partial charge is 0.419 e. The van der Waals surface area contributed by atoms with E-state index >= 15 is 4.39 Å². The van der Waals surface area contributed by atoms with Gasteiger partial charge >= 0.3 is 6.18 Å². The van der Waals surface area contributed by atoms with E-state index in [2.05, 4.69) is 25.3 Å². The van der Waals surface area contributed by atoms with Gasteiger partial charge in [0.1, 0.15) is 40.4 Å². The molecule has 0 aliphatic carbocycles. The zero-order valence-corrected chi connectivity index (χ0v) is 22.8. The number of pyridine rings is 1. The van der Waals surface area contributed by atoms with E-state index in [4.69, 9.17) is 11.6 Å². The number of alkyl halides is 3. The number of hydrogen-bond donors (Lipinski definition) is 2. The predicted octanol–water partition coefficient (Wildman–Crippen LogP) is 6.86. The molecular formula is C27H15ClF5N7O2S. The molecule has 0 saturated carbocycles. The summed E-state index contributed by atoms with van der Waals surface area (Å²) in [6.45, 7) is 0. The molecule has 0 aliphatic rings. The maximum absolute atomic E-state index is 15.6. The summed E-state index contributed by atoms with van der Waals surface area (Å²) in [6.07, 6.45) is -2.47. The van der Waals surface area contributed by atoms with Crippen LogP contribution < -0.4 is 10.0 Å². The SMILES string of the molecule is O=S(=O)(Nc1ccc(F)c(Nc2ncnc3ccc(-n4cnc5ccccc54)nc23)c1F)c1cccc(Cl)c1C(F)(F)F. The Kier molecular flexibility index (Phi) is 6.85. The Morgan fingerprint density at radius 1 is 0.860 bits per heavy atom. The molecule has 3 aromatic carbocycles. The lowest BCUT2D eigenvalue weighted by Gasteiger charge is -2.17. The van der Waals surface area contributed by atoms with Crippen LogP contribution >= 0.6 is 11.6 Å². The third kappa shape index (κ3) is 5.17. The highest BCUT2D eigenvalue weighted by atomic mass is 35.5. The fraction of sp³-hybridized carbons (Fsp3) is 0.0370. The average Bonchev–Trinajstić information content (AvgIpc) is 3.40. The highest BCUT2D eigenvalue weighted by Gasteiger charge is 2.39. The van der Waals surface area contributed by atoms with Gasteiger partial charge in [0.05, 0.1) is 32.8 Å². The second-order valence-corrected chi connectivity index (χ2v) is 11.0. The number of hydrogen-bond acceptors (Lipinski definition) is 7. The molecule has 0 fully saturated rings. The highest BCUT2D eigenvalue weighted by Crippen LogP contribution is 2.40. The zero-order valence-electron chi connectivity index (χ0n) is 21.2. The predicted molar refractivity (Wildman–Crippen MR) is 149 cm³/mol. The zero-order chi connectivity index (χ0) is 30.5. The van der Waals surface area contributed by atoms with Crippen LogP contribution in [0.5, 0.6) is 0 Å². The van der Waals surface area contributed by atoms with Crippen molar-refractivity contribution in [2.24, 2.45) is 0 Å². The van der Waals surface area contributed by atoms with Gasteiger partial charge in [0.25, 0.3) is 10.0 Å². The molecule has 16 heteroatoms. The Bertz CT molecular complexity index is 2160. The maximum Gasteiger partial charge on any atom is 0.419 e. The minimum absolute atomic E-state index is 0.108. The number of rotatable bonds is 6. The summed E-state index contributed by atoms with van der Waals surface area (Å²) in [5.74, 6) is -2.35. The van der Waals surface area contributed by atoms with Gasteiger partial charge in [-0.25, -0.2) is 37.1 Å². The summed E-state index contributed by atoms with van der Waals surface area (Å²) >= 11 is 5.64. The fourth-order valence-corrected chi connectivity index (χ4v) is 6.01. The van der Waals surface area contributed by atoms with Crippen LogP contribution in [0.4, 0.5) is 39.1 Å². The van der Waals surface area contributed by atoms with Crippen LogP contribution in [0.3, 0.4) is 0 Å². The van der Waals surface area contributed by atoms with E-state index in [1.165, 1.54) is 0 Å². The van der Waals surface area contributed by atoms with Gasteiger partial charge in [-0.05, 0) is 48.5 Å². The second kappa shape index (κ2) is 10.4. The third-order valence-corrected chi connectivity index (χ3v) is 8.02. The number of benzene rings is 3. The number of nitrogens with one attached hydrogen (secondary N) is 2. The molecular weight excluding hydrogens is 617 g/mol. The van der Waals surface area contributed by atoms with Crippen LogP contribution in [-0.2, 0) is 16.2 Å². The summed E-state index contributed by atoms with van der Waals surface area (Å²) in [4.78, 5) is 15.8. The van der Waals surface area contributed by atoms with Crippen LogP contribution in [0.1, 0.15) is 5.56 Å². The number of aromatic nitrogens is 5. The first-order valence-electron chi connectivity index (χ1n) is 12.1. The lowest BCUT2D eigenvalue weighted by atomic mass is 10.2. The molecule has 0 aliphatic heterocycles. The normalized spacial score (nSPS) is 12.1. The molecule has 0 amide bonds. The van der Waals surface area contributed by atoms with Gasteiger partial charge in [-0.2, -0.15) is 13.2 Å². The van der Waals surface area contributed by atoms with E-state index in [1.807, 2.05) is 24.3 Å². The lowest BCUT2D eigenvalue weighted by molar-refractivity contribution is -0.139. The van der Waals surface area contributed by atoms with Crippen molar-refractivity contribution in [3.05, 3.63) is 102 Å². The van der Waals surface area contributed by atoms with Crippen molar-refractivity contribution in [2.75, 3.05) is 10.0 Å². The van der Waals surface area contributed by atoms with Crippen molar-refractivity contribution in [1.82, 2.24) is 24.5 Å². The highest BCUT2D eigenvalue weighted by molar-refractivity contribution is 7.92. The molecule has 0 unspecified atom stereocenters. The summed E-state index contributed by atoms with van der Waals surface area (Å²) < 4.78 is 101. The van der Waals surface area contributed by atoms with Crippen LogP contribution in [0.25, 0.3) is 27.9 Å². The quantitative estimate of drug-likeness (QED) is 0.193. The first-order valence-corrected chi connectivity index (χ1v) is 14.0. The molecule has 43 heavy (non-hydrogen) atoms. The van der Waals surface area contributed by atoms with E-state index in [0.29, 0.717) is 22.9 Å². The van der Waals surface area contributed by atoms with Gasteiger partial charge in [0.2, 0.25) is 0 Å². The minimum Gasteiger partial charge on any atom is -0.333 e. The number of fused-ring (bicyclic) bond motifs is 2. The average molecular weight is 632 g/mol. The molecule has 3 aromatic heterocycles. The summed E-state index contributed by atoms with van der Waals surface area (Å²) in [5, 5.41) is 1.61. The first kappa shape index (κ1) is 28.2. The number of nitrogens with zero attached hydrogens (tertiary/aromatic N) is 5. The van der Waals surface area contributed by atoms with Crippen molar-refractivity contribution in [2.45, 2.75) is 11.1 Å². The van der Waals surface area contributed by atoms with Crippen LogP contribution in [-0.4, -0.2) is 32.9 Å². The molecule has 6 rings (SSSR count). The van der Waals surface area contributed by atoms with Gasteiger partial charge in [-0.15, -0.1) is 0 Å². The van der Waals surface area contributed by atoms with E-state index < -0.39 is 54.7 Å². The lowest BCUT2D eigenvalue weighted by Crippen LogP contribution is -2.20. The van der Waals surface area contributed by atoms with Gasteiger partial charge in [-0.1, -0.05) is 29.8 Å². The van der Waals surface area contributed by atoms with Gasteiger partial charge < -0.3 is 5.32 Å². The Morgan fingerprint density at radius 2 is 1.65 bits per heavy atom. The molecule has 0 spiro atoms. The van der Waals surface area contributed by atoms with Gasteiger partial charge in [0, 0.05) is 0 Å². The number of para-hydroxylation sites is 2. The number of halogens is 6. The Morgan fingerprint density at radius 3 is 2.44 bits per heavy atom. The van der Waals surface area contributed by atoms with Gasteiger partial charge in [0.15, 0.2) is 11.6 Å². The van der Waals surface area contributed by atoms with Crippen molar-refractivity contribution in [3.8, 4) is 5.82 Å². The number of imidazole rings is 1. The summed E-state index contributed by atoms with van der Waals surface area (Å²) in [7, 11) is -5.05. The van der Waals surface area contributed by atoms with Crippen molar-refractivity contribution in [1.29, 1.82) is 0 Å². The summed E-state index contributed by atoms with van der Waals surface area (Å²) in [6, 6.07) is 14.5. The monoisotopic (exact) mass is 631 g/mol. The van der Waals surface area contributed by atoms with Crippen LogP contribution in [0.15, 0.2) is 84.3 Å². The molecule has 2 N–H and O–H groups in total. The molecule has 3 heterocycles. The smallest absolute Gasteiger partial charge is 0.333 e. The Labute approximate surface area is 244 Å². The molecule has 218 valence electrons. The topological polar surface area (TPSA) is 115 Å². The van der Waals surface area contributed by atoms with Gasteiger partial charge in [-0.3, -0.25) is 9.29 Å². The molecule has 0 atom stereocenters. The number of sulfonamides is 1. The Hall–Kier alpha value is -4.89. The molecule has 9 nitrogen and oxygen atoms in total. The van der Waals surface area contributed by atoms with E-state index in [-0.39, 0.29) is 11.3 Å². The second-order valence-electron chi connectivity index (χ2n) is 8.99. The molecule has 6 aromatic rings. The van der Waals surface area contributed by atoms with Crippen molar-refractivity contribution < 1.29 is 30.4 Å². The number of anilines is 3. The third-order valence-electron chi connectivity index (χ3n) is 6.29. The minimum atomic E-state index is -5.14. The summed E-state index contributed by atoms with van der Waals surface area (Å²) in [5.41, 5.74) is -1.45. The maximum atomic E-state index is 15.6. The van der Waals surface area contributed by atoms with E-state index in [1.54, 1.807) is 27.7 Å². The molecule has 0 radical (unpaired) electrons. The fourth-order valence-electron chi connectivity index (χ4n) is 4.36. The van der Waals surface area contributed by atoms with E-state index in [9.17, 15) is 26.0 Å². The first-order chi connectivity index (χ1) is 20.4. The van der Waals surface area contributed by atoms with E-state index in [0.717, 1.165) is 36.1 Å². The molecule has 0 saturated heterocycles. The van der Waals surface area contributed by atoms with Crippen molar-refractivity contribution >= 4 is 60.9 Å². The standard InChI is InChI=1S/C27H15ClF5N7O2S/c28-14-4-3-7-20(22(14)27(31,32)33)43(41,42)39-17-9-8-15(29)24(23(17)30)38-26-25-18(34-12-35-26)10-11-21(37-25)40-13-36-16-5-1-2-6-19(16)40/h1-13,39H,(H,34,35,38). The molecule has 0 bridgehead atoms. The Balaban J connectivity index is 1.39. The van der Waals surface area contributed by atoms with Crippen LogP contribution in [0.2, 0.25) is 5.02 Å². The van der Waals surface area contributed by atoms with Crippen molar-refractivity contribution in [3.63, 3.8) is 0 Å².